The topological polar surface area (TPSA) is 82.1 Å². The molecule has 39 heavy (non-hydrogen) atoms. The quantitative estimate of drug-likeness (QED) is 0.104. The Bertz CT molecular complexity index is 730. The van der Waals surface area contributed by atoms with E-state index in [1.165, 1.54) is 97.0 Å². The Morgan fingerprint density at radius 1 is 0.769 bits per heavy atom. The van der Waals surface area contributed by atoms with Gasteiger partial charge in [-0.3, -0.25) is 0 Å². The van der Waals surface area contributed by atoms with Crippen LogP contribution in [0, 0.1) is 29.6 Å². The van der Waals surface area contributed by atoms with Gasteiger partial charge >= 0.3 is 11.9 Å². The molecule has 2 aliphatic rings. The van der Waals surface area contributed by atoms with Gasteiger partial charge in [0.2, 0.25) is 0 Å². The summed E-state index contributed by atoms with van der Waals surface area (Å²) in [5.74, 6) is 2.26. The predicted octanol–water partition coefficient (Wildman–Crippen LogP) is 7.19. The van der Waals surface area contributed by atoms with E-state index >= 15 is 0 Å². The highest BCUT2D eigenvalue weighted by atomic mass is 16.5. The number of unbranched alkanes of at least 4 members (excludes halogenated alkanes) is 4. The Morgan fingerprint density at radius 3 is 1.79 bits per heavy atom. The number of ether oxygens (including phenoxy) is 3. The molecule has 0 radical (unpaired) electrons. The zero-order chi connectivity index (χ0) is 28.5. The molecule has 1 N–H and O–H groups in total. The fourth-order valence-corrected chi connectivity index (χ4v) is 6.51. The van der Waals surface area contributed by atoms with E-state index in [0.29, 0.717) is 5.92 Å². The molecule has 0 aromatic rings. The highest BCUT2D eigenvalue weighted by Gasteiger charge is 2.31. The maximum Gasteiger partial charge on any atom is 0.335 e. The van der Waals surface area contributed by atoms with Gasteiger partial charge in [-0.25, -0.2) is 9.59 Å². The van der Waals surface area contributed by atoms with E-state index in [-0.39, 0.29) is 36.9 Å². The third-order valence-electron chi connectivity index (χ3n) is 9.14. The van der Waals surface area contributed by atoms with Gasteiger partial charge in [-0.1, -0.05) is 84.3 Å². The minimum atomic E-state index is -0.607. The van der Waals surface area contributed by atoms with Gasteiger partial charge in [0.05, 0.1) is 37.6 Å². The normalized spacial score (nSPS) is 24.1. The Hall–Kier alpha value is -1.66. The Kier molecular flexibility index (Phi) is 16.7. The minimum absolute atomic E-state index is 0.0264. The first-order chi connectivity index (χ1) is 18.9. The molecule has 0 bridgehead atoms. The monoisotopic (exact) mass is 548 g/mol. The van der Waals surface area contributed by atoms with Crippen molar-refractivity contribution in [3.05, 3.63) is 24.3 Å². The van der Waals surface area contributed by atoms with E-state index in [2.05, 4.69) is 20.1 Å². The number of methoxy groups -OCH3 is 1. The number of carbonyl (C=O) groups excluding carboxylic acids is 2. The largest absolute Gasteiger partial charge is 0.462 e. The second-order valence-electron chi connectivity index (χ2n) is 12.2. The van der Waals surface area contributed by atoms with Crippen LogP contribution in [0.25, 0.3) is 0 Å². The summed E-state index contributed by atoms with van der Waals surface area (Å²) in [7, 11) is 1.50. The number of aliphatic hydroxyl groups excluding tert-OH is 1. The van der Waals surface area contributed by atoms with Crippen molar-refractivity contribution in [2.45, 2.75) is 110 Å². The Balaban J connectivity index is 1.72. The van der Waals surface area contributed by atoms with Crippen molar-refractivity contribution < 1.29 is 28.9 Å². The Morgan fingerprint density at radius 2 is 1.28 bits per heavy atom. The van der Waals surface area contributed by atoms with Crippen LogP contribution in [0.5, 0.6) is 0 Å². The third kappa shape index (κ3) is 13.0. The van der Waals surface area contributed by atoms with Gasteiger partial charge in [0.1, 0.15) is 0 Å². The van der Waals surface area contributed by atoms with Gasteiger partial charge in [0, 0.05) is 13.0 Å². The first-order valence-corrected chi connectivity index (χ1v) is 15.7. The van der Waals surface area contributed by atoms with Crippen molar-refractivity contribution in [2.75, 3.05) is 33.5 Å². The number of esters is 2. The van der Waals surface area contributed by atoms with Crippen molar-refractivity contribution in [1.29, 1.82) is 0 Å². The predicted molar refractivity (Wildman–Crippen MR) is 156 cm³/mol. The van der Waals surface area contributed by atoms with Crippen LogP contribution >= 0.6 is 0 Å². The average molecular weight is 549 g/mol. The van der Waals surface area contributed by atoms with Gasteiger partial charge < -0.3 is 19.3 Å². The standard InChI is InChI=1S/C33H56O6/c1-5-6-7-8-9-10-27-13-17-30(18-14-27)31-19-15-28(16-20-31)11-12-29(23-38-32(35)25(2)21-34)24-39-33(36)26(3)22-37-4/h27-31,34H,2-3,5-24H2,1,4H3. The van der Waals surface area contributed by atoms with Crippen LogP contribution in [0.3, 0.4) is 0 Å². The summed E-state index contributed by atoms with van der Waals surface area (Å²) in [6.07, 6.45) is 21.2. The van der Waals surface area contributed by atoms with Crippen LogP contribution < -0.4 is 0 Å². The van der Waals surface area contributed by atoms with E-state index in [0.717, 1.165) is 30.6 Å². The summed E-state index contributed by atoms with van der Waals surface area (Å²) in [5, 5.41) is 9.13. The molecule has 0 heterocycles. The van der Waals surface area contributed by atoms with Crippen molar-refractivity contribution in [3.63, 3.8) is 0 Å². The number of aliphatic hydroxyl groups is 1. The SMILES string of the molecule is C=C(CO)C(=O)OCC(CCC1CCC(C2CCC(CCCCCCC)CC2)CC1)COC(=O)C(=C)COC. The van der Waals surface area contributed by atoms with E-state index < -0.39 is 18.5 Å². The number of carbonyl (C=O) groups is 2. The van der Waals surface area contributed by atoms with Crippen LogP contribution in [0.4, 0.5) is 0 Å². The van der Waals surface area contributed by atoms with Crippen LogP contribution in [-0.4, -0.2) is 50.6 Å². The van der Waals surface area contributed by atoms with Crippen LogP contribution in [-0.2, 0) is 23.8 Å². The van der Waals surface area contributed by atoms with Crippen molar-refractivity contribution in [3.8, 4) is 0 Å². The molecule has 224 valence electrons. The van der Waals surface area contributed by atoms with Gasteiger partial charge in [-0.05, 0) is 62.2 Å². The van der Waals surface area contributed by atoms with Crippen LogP contribution in [0.1, 0.15) is 110 Å². The lowest BCUT2D eigenvalue weighted by Crippen LogP contribution is -2.27. The van der Waals surface area contributed by atoms with Crippen molar-refractivity contribution >= 4 is 11.9 Å². The summed E-state index contributed by atoms with van der Waals surface area (Å²) in [6.45, 7) is 9.50. The van der Waals surface area contributed by atoms with Gasteiger partial charge in [-0.15, -0.1) is 0 Å². The van der Waals surface area contributed by atoms with E-state index in [1.54, 1.807) is 0 Å². The lowest BCUT2D eigenvalue weighted by atomic mass is 9.68. The molecule has 1 atom stereocenters. The van der Waals surface area contributed by atoms with E-state index in [4.69, 9.17) is 19.3 Å². The van der Waals surface area contributed by atoms with Gasteiger partial charge in [0.15, 0.2) is 0 Å². The Labute approximate surface area is 237 Å². The molecule has 6 nitrogen and oxygen atoms in total. The molecule has 0 saturated heterocycles. The molecule has 2 fully saturated rings. The first-order valence-electron chi connectivity index (χ1n) is 15.7. The maximum atomic E-state index is 12.2. The summed E-state index contributed by atoms with van der Waals surface area (Å²) in [5.41, 5.74) is 0.291. The zero-order valence-corrected chi connectivity index (χ0v) is 24.9. The molecule has 6 heteroatoms. The molecule has 1 unspecified atom stereocenters. The van der Waals surface area contributed by atoms with Crippen molar-refractivity contribution in [2.24, 2.45) is 29.6 Å². The molecule has 2 aliphatic carbocycles. The second kappa shape index (κ2) is 19.4. The molecule has 0 aliphatic heterocycles. The molecule has 0 spiro atoms. The molecular weight excluding hydrogens is 492 g/mol. The summed E-state index contributed by atoms with van der Waals surface area (Å²) >= 11 is 0. The van der Waals surface area contributed by atoms with Gasteiger partial charge in [-0.2, -0.15) is 0 Å². The molecule has 2 saturated carbocycles. The summed E-state index contributed by atoms with van der Waals surface area (Å²) in [4.78, 5) is 24.2. The average Bonchev–Trinajstić information content (AvgIpc) is 2.96. The lowest BCUT2D eigenvalue weighted by Gasteiger charge is -2.38. The highest BCUT2D eigenvalue weighted by molar-refractivity contribution is 5.88. The lowest BCUT2D eigenvalue weighted by molar-refractivity contribution is -0.145. The minimum Gasteiger partial charge on any atom is -0.462 e. The number of rotatable bonds is 19. The molecular formula is C33H56O6. The molecule has 0 amide bonds. The molecule has 0 aromatic heterocycles. The van der Waals surface area contributed by atoms with Crippen LogP contribution in [0.2, 0.25) is 0 Å². The smallest absolute Gasteiger partial charge is 0.335 e. The van der Waals surface area contributed by atoms with Crippen LogP contribution in [0.15, 0.2) is 24.3 Å². The number of hydrogen-bond donors (Lipinski definition) is 1. The van der Waals surface area contributed by atoms with Gasteiger partial charge in [0.25, 0.3) is 0 Å². The maximum absolute atomic E-state index is 12.2. The van der Waals surface area contributed by atoms with Crippen molar-refractivity contribution in [1.82, 2.24) is 0 Å². The fourth-order valence-electron chi connectivity index (χ4n) is 6.51. The number of hydrogen-bond acceptors (Lipinski definition) is 6. The fraction of sp³-hybridized carbons (Fsp3) is 0.818. The first kappa shape index (κ1) is 33.5. The molecule has 2 rings (SSSR count). The molecule has 0 aromatic carbocycles. The third-order valence-corrected chi connectivity index (χ3v) is 9.14. The zero-order valence-electron chi connectivity index (χ0n) is 24.9. The van der Waals surface area contributed by atoms with E-state index in [9.17, 15) is 9.59 Å². The summed E-state index contributed by atoms with van der Waals surface area (Å²) in [6, 6.07) is 0. The van der Waals surface area contributed by atoms with E-state index in [1.807, 2.05) is 0 Å². The second-order valence-corrected chi connectivity index (χ2v) is 12.2. The summed E-state index contributed by atoms with van der Waals surface area (Å²) < 4.78 is 15.7. The highest BCUT2D eigenvalue weighted by Crippen LogP contribution is 2.43.